The van der Waals surface area contributed by atoms with E-state index in [-0.39, 0.29) is 0 Å². The molecule has 1 nitrogen and oxygen atoms in total. The molecular formula is C14H13NS. The second-order valence-corrected chi connectivity index (χ2v) is 5.06. The molecule has 0 atom stereocenters. The highest BCUT2D eigenvalue weighted by atomic mass is 32.2. The average molecular weight is 227 g/mol. The van der Waals surface area contributed by atoms with Crippen molar-refractivity contribution in [2.45, 2.75) is 18.4 Å². The van der Waals surface area contributed by atoms with Crippen molar-refractivity contribution < 1.29 is 0 Å². The molecule has 0 spiro atoms. The lowest BCUT2D eigenvalue weighted by Crippen LogP contribution is -2.06. The number of para-hydroxylation sites is 1. The molecule has 2 aromatic rings. The highest BCUT2D eigenvalue weighted by Gasteiger charge is 2.21. The van der Waals surface area contributed by atoms with Gasteiger partial charge >= 0.3 is 0 Å². The quantitative estimate of drug-likeness (QED) is 0.677. The van der Waals surface area contributed by atoms with Crippen LogP contribution >= 0.6 is 11.9 Å². The summed E-state index contributed by atoms with van der Waals surface area (Å²) in [6, 6.07) is 17.1. The van der Waals surface area contributed by atoms with Gasteiger partial charge in [-0.05, 0) is 42.1 Å². The first-order valence-electron chi connectivity index (χ1n) is 5.43. The maximum atomic E-state index is 2.34. The van der Waals surface area contributed by atoms with Crippen LogP contribution in [0.1, 0.15) is 11.1 Å². The Hall–Kier alpha value is -1.41. The van der Waals surface area contributed by atoms with Crippen molar-refractivity contribution in [2.24, 2.45) is 0 Å². The van der Waals surface area contributed by atoms with Crippen molar-refractivity contribution in [3.63, 3.8) is 0 Å². The Balaban J connectivity index is 1.94. The van der Waals surface area contributed by atoms with Crippen LogP contribution < -0.4 is 4.31 Å². The molecule has 2 heteroatoms. The summed E-state index contributed by atoms with van der Waals surface area (Å²) in [6.45, 7) is 3.19. The van der Waals surface area contributed by atoms with Crippen LogP contribution in [-0.2, 0) is 6.54 Å². The summed E-state index contributed by atoms with van der Waals surface area (Å²) in [5.74, 6) is 0. The van der Waals surface area contributed by atoms with E-state index in [1.54, 1.807) is 0 Å². The van der Waals surface area contributed by atoms with Gasteiger partial charge in [-0.3, -0.25) is 0 Å². The molecule has 1 aliphatic heterocycles. The molecule has 3 rings (SSSR count). The van der Waals surface area contributed by atoms with Crippen molar-refractivity contribution in [2.75, 3.05) is 4.31 Å². The summed E-state index contributed by atoms with van der Waals surface area (Å²) in [5, 5.41) is 0. The number of nitrogens with zero attached hydrogens (tertiary/aromatic N) is 1. The third kappa shape index (κ3) is 1.59. The second-order valence-electron chi connectivity index (χ2n) is 4.03. The normalized spacial score (nSPS) is 13.9. The van der Waals surface area contributed by atoms with Crippen LogP contribution in [0.3, 0.4) is 0 Å². The van der Waals surface area contributed by atoms with Crippen LogP contribution in [0.15, 0.2) is 53.4 Å². The van der Waals surface area contributed by atoms with Crippen LogP contribution in [0.25, 0.3) is 0 Å². The van der Waals surface area contributed by atoms with Crippen LogP contribution in [0, 0.1) is 6.92 Å². The van der Waals surface area contributed by atoms with E-state index in [0.29, 0.717) is 0 Å². The zero-order valence-corrected chi connectivity index (χ0v) is 10.00. The van der Waals surface area contributed by atoms with Gasteiger partial charge in [0, 0.05) is 10.6 Å². The summed E-state index contributed by atoms with van der Waals surface area (Å²) in [6.07, 6.45) is 0. The van der Waals surface area contributed by atoms with Gasteiger partial charge in [-0.15, -0.1) is 0 Å². The van der Waals surface area contributed by atoms with E-state index in [2.05, 4.69) is 59.8 Å². The van der Waals surface area contributed by atoms with Crippen molar-refractivity contribution in [3.8, 4) is 0 Å². The van der Waals surface area contributed by atoms with Crippen LogP contribution in [0.5, 0.6) is 0 Å². The van der Waals surface area contributed by atoms with E-state index in [4.69, 9.17) is 0 Å². The van der Waals surface area contributed by atoms with E-state index in [9.17, 15) is 0 Å². The molecule has 80 valence electrons. The van der Waals surface area contributed by atoms with E-state index in [1.807, 2.05) is 11.9 Å². The standard InChI is InChI=1S/C14H13NS/c1-11-6-5-7-12-10-15(16-14(11)12)13-8-3-2-4-9-13/h2-9H,10H2,1H3. The first kappa shape index (κ1) is 9.79. The lowest BCUT2D eigenvalue weighted by Gasteiger charge is -2.15. The number of benzene rings is 2. The minimum atomic E-state index is 1.01. The number of aryl methyl sites for hydroxylation is 1. The third-order valence-electron chi connectivity index (χ3n) is 2.85. The molecule has 1 heterocycles. The predicted octanol–water partition coefficient (Wildman–Crippen LogP) is 4.02. The van der Waals surface area contributed by atoms with Crippen molar-refractivity contribution >= 4 is 17.6 Å². The highest BCUT2D eigenvalue weighted by Crippen LogP contribution is 2.40. The fourth-order valence-corrected chi connectivity index (χ4v) is 3.12. The Morgan fingerprint density at radius 1 is 1.00 bits per heavy atom. The van der Waals surface area contributed by atoms with Gasteiger partial charge in [-0.2, -0.15) is 0 Å². The smallest absolute Gasteiger partial charge is 0.0561 e. The van der Waals surface area contributed by atoms with Crippen LogP contribution in [-0.4, -0.2) is 0 Å². The van der Waals surface area contributed by atoms with Gasteiger partial charge in [0.05, 0.1) is 6.54 Å². The molecule has 0 fully saturated rings. The maximum Gasteiger partial charge on any atom is 0.0561 e. The van der Waals surface area contributed by atoms with Gasteiger partial charge in [0.2, 0.25) is 0 Å². The summed E-state index contributed by atoms with van der Waals surface area (Å²) in [4.78, 5) is 1.42. The molecule has 0 aromatic heterocycles. The molecule has 2 aromatic carbocycles. The third-order valence-corrected chi connectivity index (χ3v) is 4.18. The minimum absolute atomic E-state index is 1.01. The minimum Gasteiger partial charge on any atom is -0.308 e. The van der Waals surface area contributed by atoms with Gasteiger partial charge in [0.15, 0.2) is 0 Å². The first-order chi connectivity index (χ1) is 7.84. The Morgan fingerprint density at radius 2 is 1.81 bits per heavy atom. The van der Waals surface area contributed by atoms with Gasteiger partial charge in [-0.25, -0.2) is 0 Å². The molecule has 0 radical (unpaired) electrons. The SMILES string of the molecule is Cc1cccc2c1SN(c1ccccc1)C2. The molecule has 16 heavy (non-hydrogen) atoms. The molecule has 0 bridgehead atoms. The molecule has 0 aliphatic carbocycles. The average Bonchev–Trinajstić information content (AvgIpc) is 2.76. The van der Waals surface area contributed by atoms with E-state index < -0.39 is 0 Å². The lowest BCUT2D eigenvalue weighted by molar-refractivity contribution is 1.05. The molecule has 0 saturated carbocycles. The van der Waals surface area contributed by atoms with E-state index in [1.165, 1.54) is 21.7 Å². The summed E-state index contributed by atoms with van der Waals surface area (Å²) < 4.78 is 2.34. The number of rotatable bonds is 1. The predicted molar refractivity (Wildman–Crippen MR) is 69.7 cm³/mol. The second kappa shape index (κ2) is 3.87. The molecule has 0 amide bonds. The molecule has 1 aliphatic rings. The summed E-state index contributed by atoms with van der Waals surface area (Å²) in [7, 11) is 0. The van der Waals surface area contributed by atoms with Crippen LogP contribution in [0.2, 0.25) is 0 Å². The summed E-state index contributed by atoms with van der Waals surface area (Å²) >= 11 is 1.85. The molecular weight excluding hydrogens is 214 g/mol. The molecule has 0 saturated heterocycles. The first-order valence-corrected chi connectivity index (χ1v) is 6.21. The number of hydrogen-bond donors (Lipinski definition) is 0. The topological polar surface area (TPSA) is 3.24 Å². The Bertz CT molecular complexity index is 507. The fraction of sp³-hybridized carbons (Fsp3) is 0.143. The zero-order valence-electron chi connectivity index (χ0n) is 9.18. The largest absolute Gasteiger partial charge is 0.308 e. The van der Waals surface area contributed by atoms with Crippen molar-refractivity contribution in [3.05, 3.63) is 59.7 Å². The Morgan fingerprint density at radius 3 is 2.56 bits per heavy atom. The maximum absolute atomic E-state index is 2.34. The summed E-state index contributed by atoms with van der Waals surface area (Å²) in [5.41, 5.74) is 4.10. The van der Waals surface area contributed by atoms with Gasteiger partial charge in [-0.1, -0.05) is 36.4 Å². The van der Waals surface area contributed by atoms with Gasteiger partial charge in [0.1, 0.15) is 0 Å². The lowest BCUT2D eigenvalue weighted by atomic mass is 10.1. The Kier molecular flexibility index (Phi) is 2.37. The number of hydrogen-bond acceptors (Lipinski definition) is 2. The highest BCUT2D eigenvalue weighted by molar-refractivity contribution is 8.01. The van der Waals surface area contributed by atoms with Crippen molar-refractivity contribution in [1.29, 1.82) is 0 Å². The number of fused-ring (bicyclic) bond motifs is 1. The molecule has 0 unspecified atom stereocenters. The monoisotopic (exact) mass is 227 g/mol. The van der Waals surface area contributed by atoms with Crippen LogP contribution in [0.4, 0.5) is 5.69 Å². The Labute approximate surface area is 100 Å². The fourth-order valence-electron chi connectivity index (χ4n) is 2.00. The van der Waals surface area contributed by atoms with Gasteiger partial charge < -0.3 is 4.31 Å². The van der Waals surface area contributed by atoms with E-state index >= 15 is 0 Å². The molecule has 0 N–H and O–H groups in total. The van der Waals surface area contributed by atoms with E-state index in [0.717, 1.165) is 6.54 Å². The van der Waals surface area contributed by atoms with Gasteiger partial charge in [0.25, 0.3) is 0 Å². The van der Waals surface area contributed by atoms with Crippen molar-refractivity contribution in [1.82, 2.24) is 0 Å². The number of anilines is 1. The zero-order chi connectivity index (χ0) is 11.0.